The van der Waals surface area contributed by atoms with E-state index in [-0.39, 0.29) is 19.1 Å². The van der Waals surface area contributed by atoms with Crippen LogP contribution < -0.4 is 5.32 Å². The number of hydrogen-bond acceptors (Lipinski definition) is 6. The van der Waals surface area contributed by atoms with Crippen molar-refractivity contribution in [1.29, 1.82) is 0 Å². The third-order valence-corrected chi connectivity index (χ3v) is 5.11. The number of carbonyl (C=O) groups excluding carboxylic acids is 1. The van der Waals surface area contributed by atoms with Crippen LogP contribution in [0.3, 0.4) is 0 Å². The number of piperidine rings is 1. The van der Waals surface area contributed by atoms with Crippen molar-refractivity contribution in [2.45, 2.75) is 32.3 Å². The predicted octanol–water partition coefficient (Wildman–Crippen LogP) is 2.91. The van der Waals surface area contributed by atoms with Crippen molar-refractivity contribution in [1.82, 2.24) is 15.4 Å². The molecule has 3 rings (SSSR count). The molecule has 25 heavy (non-hydrogen) atoms. The summed E-state index contributed by atoms with van der Waals surface area (Å²) in [5.41, 5.74) is 0.696. The van der Waals surface area contributed by atoms with E-state index in [4.69, 9.17) is 9.26 Å². The molecule has 0 aromatic carbocycles. The fourth-order valence-electron chi connectivity index (χ4n) is 2.93. The number of ether oxygens (including phenoxy) is 1. The van der Waals surface area contributed by atoms with Crippen molar-refractivity contribution in [3.05, 3.63) is 29.3 Å². The van der Waals surface area contributed by atoms with E-state index < -0.39 is 0 Å². The molecular weight excluding hydrogens is 338 g/mol. The maximum absolute atomic E-state index is 11.8. The van der Waals surface area contributed by atoms with Crippen molar-refractivity contribution in [2.24, 2.45) is 0 Å². The molecule has 0 radical (unpaired) electrons. The molecule has 2 aromatic rings. The van der Waals surface area contributed by atoms with E-state index >= 15 is 0 Å². The molecule has 0 aliphatic carbocycles. The Morgan fingerprint density at radius 2 is 2.24 bits per heavy atom. The highest BCUT2D eigenvalue weighted by Gasteiger charge is 2.10. The molecule has 1 amide bonds. The Morgan fingerprint density at radius 1 is 1.36 bits per heavy atom. The third-order valence-electron chi connectivity index (χ3n) is 4.23. The average molecular weight is 363 g/mol. The molecule has 3 heterocycles. The van der Waals surface area contributed by atoms with E-state index in [9.17, 15) is 4.79 Å². The molecule has 1 aliphatic rings. The second-order valence-corrected chi connectivity index (χ2v) is 7.21. The lowest BCUT2D eigenvalue weighted by atomic mass is 10.1. The number of nitrogens with zero attached hydrogens (tertiary/aromatic N) is 2. The van der Waals surface area contributed by atoms with E-state index in [1.165, 1.54) is 32.4 Å². The topological polar surface area (TPSA) is 67.6 Å². The third kappa shape index (κ3) is 5.95. The second kappa shape index (κ2) is 9.70. The molecule has 1 saturated heterocycles. The minimum Gasteiger partial charge on any atom is -0.365 e. The molecule has 2 aromatic heterocycles. The molecule has 0 bridgehead atoms. The van der Waals surface area contributed by atoms with Crippen LogP contribution in [0.25, 0.3) is 10.6 Å². The zero-order valence-electron chi connectivity index (χ0n) is 14.4. The minimum absolute atomic E-state index is 0.0465. The Bertz CT molecular complexity index is 636. The van der Waals surface area contributed by atoms with Gasteiger partial charge in [-0.3, -0.25) is 4.79 Å². The van der Waals surface area contributed by atoms with E-state index in [0.29, 0.717) is 12.2 Å². The van der Waals surface area contributed by atoms with Gasteiger partial charge in [0.15, 0.2) is 5.76 Å². The van der Waals surface area contributed by atoms with Crippen LogP contribution in [0.15, 0.2) is 28.1 Å². The SMILES string of the molecule is O=C(COCc1cc(-c2cccs2)on1)NCCCN1CCCCC1. The quantitative estimate of drug-likeness (QED) is 0.694. The lowest BCUT2D eigenvalue weighted by Crippen LogP contribution is -2.34. The summed E-state index contributed by atoms with van der Waals surface area (Å²) in [7, 11) is 0. The van der Waals surface area contributed by atoms with E-state index in [1.807, 2.05) is 23.6 Å². The maximum atomic E-state index is 11.8. The van der Waals surface area contributed by atoms with Crippen LogP contribution in [0, 0.1) is 0 Å². The molecule has 1 N–H and O–H groups in total. The van der Waals surface area contributed by atoms with Crippen LogP contribution in [-0.4, -0.2) is 48.7 Å². The van der Waals surface area contributed by atoms with Crippen molar-refractivity contribution >= 4 is 17.2 Å². The Balaban J connectivity index is 1.26. The van der Waals surface area contributed by atoms with Crippen LogP contribution >= 0.6 is 11.3 Å². The van der Waals surface area contributed by atoms with Crippen molar-refractivity contribution < 1.29 is 14.1 Å². The highest BCUT2D eigenvalue weighted by atomic mass is 32.1. The Labute approximate surface area is 152 Å². The van der Waals surface area contributed by atoms with Crippen LogP contribution in [0.5, 0.6) is 0 Å². The van der Waals surface area contributed by atoms with Gasteiger partial charge in [-0.2, -0.15) is 0 Å². The number of amides is 1. The summed E-state index contributed by atoms with van der Waals surface area (Å²) < 4.78 is 10.7. The largest absolute Gasteiger partial charge is 0.365 e. The first kappa shape index (κ1) is 18.1. The lowest BCUT2D eigenvalue weighted by molar-refractivity contribution is -0.126. The number of carbonyl (C=O) groups is 1. The standard InChI is InChI=1S/C18H25N3O3S/c22-18(19-7-5-10-21-8-2-1-3-9-21)14-23-13-15-12-16(24-20-15)17-6-4-11-25-17/h4,6,11-12H,1-3,5,7-10,13-14H2,(H,19,22). The number of aromatic nitrogens is 1. The van der Waals surface area contributed by atoms with E-state index in [0.717, 1.165) is 23.6 Å². The Morgan fingerprint density at radius 3 is 3.04 bits per heavy atom. The monoisotopic (exact) mass is 363 g/mol. The molecule has 7 heteroatoms. The van der Waals surface area contributed by atoms with Gasteiger partial charge < -0.3 is 19.5 Å². The van der Waals surface area contributed by atoms with Crippen LogP contribution in [0.2, 0.25) is 0 Å². The van der Waals surface area contributed by atoms with Gasteiger partial charge in [-0.05, 0) is 50.3 Å². The first-order chi connectivity index (χ1) is 12.3. The molecule has 1 aliphatic heterocycles. The van der Waals surface area contributed by atoms with E-state index in [1.54, 1.807) is 11.3 Å². The summed E-state index contributed by atoms with van der Waals surface area (Å²) in [6.07, 6.45) is 4.94. The Kier molecular flexibility index (Phi) is 7.02. The van der Waals surface area contributed by atoms with Gasteiger partial charge >= 0.3 is 0 Å². The summed E-state index contributed by atoms with van der Waals surface area (Å²) >= 11 is 1.60. The van der Waals surface area contributed by atoms with Gasteiger partial charge in [-0.1, -0.05) is 17.6 Å². The number of likely N-dealkylation sites (tertiary alicyclic amines) is 1. The fraction of sp³-hybridized carbons (Fsp3) is 0.556. The zero-order valence-corrected chi connectivity index (χ0v) is 15.2. The van der Waals surface area contributed by atoms with Crippen molar-refractivity contribution in [3.8, 4) is 10.6 Å². The minimum atomic E-state index is -0.0828. The van der Waals surface area contributed by atoms with Gasteiger partial charge in [0.25, 0.3) is 0 Å². The lowest BCUT2D eigenvalue weighted by Gasteiger charge is -2.26. The first-order valence-electron chi connectivity index (χ1n) is 8.87. The fourth-order valence-corrected chi connectivity index (χ4v) is 3.60. The highest BCUT2D eigenvalue weighted by molar-refractivity contribution is 7.13. The summed E-state index contributed by atoms with van der Waals surface area (Å²) in [5.74, 6) is 0.649. The summed E-state index contributed by atoms with van der Waals surface area (Å²) in [5, 5.41) is 8.86. The van der Waals surface area contributed by atoms with Gasteiger partial charge in [-0.15, -0.1) is 11.3 Å². The number of nitrogens with one attached hydrogen (secondary N) is 1. The van der Waals surface area contributed by atoms with Crippen LogP contribution in [0.1, 0.15) is 31.4 Å². The molecule has 0 unspecified atom stereocenters. The van der Waals surface area contributed by atoms with Crippen LogP contribution in [0.4, 0.5) is 0 Å². The molecule has 6 nitrogen and oxygen atoms in total. The average Bonchev–Trinajstić information content (AvgIpc) is 3.31. The van der Waals surface area contributed by atoms with Gasteiger partial charge in [0.2, 0.25) is 5.91 Å². The molecule has 0 spiro atoms. The van der Waals surface area contributed by atoms with Crippen molar-refractivity contribution in [2.75, 3.05) is 32.8 Å². The van der Waals surface area contributed by atoms with Gasteiger partial charge in [0, 0.05) is 12.6 Å². The smallest absolute Gasteiger partial charge is 0.246 e. The number of rotatable bonds is 9. The Hall–Kier alpha value is -1.70. The first-order valence-corrected chi connectivity index (χ1v) is 9.75. The van der Waals surface area contributed by atoms with Gasteiger partial charge in [0.1, 0.15) is 12.3 Å². The maximum Gasteiger partial charge on any atom is 0.246 e. The normalized spacial score (nSPS) is 15.4. The van der Waals surface area contributed by atoms with Crippen LogP contribution in [-0.2, 0) is 16.1 Å². The molecule has 1 fully saturated rings. The van der Waals surface area contributed by atoms with Crippen molar-refractivity contribution in [3.63, 3.8) is 0 Å². The second-order valence-electron chi connectivity index (χ2n) is 6.26. The molecular formula is C18H25N3O3S. The molecule has 136 valence electrons. The molecule has 0 atom stereocenters. The van der Waals surface area contributed by atoms with Gasteiger partial charge in [0.05, 0.1) is 11.5 Å². The van der Waals surface area contributed by atoms with E-state index in [2.05, 4.69) is 15.4 Å². The predicted molar refractivity (Wildman–Crippen MR) is 97.4 cm³/mol. The summed E-state index contributed by atoms with van der Waals surface area (Å²) in [6.45, 7) is 4.47. The number of thiophene rings is 1. The highest BCUT2D eigenvalue weighted by Crippen LogP contribution is 2.25. The zero-order chi connectivity index (χ0) is 17.3. The number of hydrogen-bond donors (Lipinski definition) is 1. The summed E-state index contributed by atoms with van der Waals surface area (Å²) in [4.78, 5) is 15.3. The van der Waals surface area contributed by atoms with Gasteiger partial charge in [-0.25, -0.2) is 0 Å². The summed E-state index contributed by atoms with van der Waals surface area (Å²) in [6, 6.07) is 5.80. The molecule has 0 saturated carbocycles.